The first kappa shape index (κ1) is 28.6. The number of anilines is 2. The molecule has 0 spiro atoms. The Labute approximate surface area is 235 Å². The molecule has 41 heavy (non-hydrogen) atoms. The maximum Gasteiger partial charge on any atom is 0.339 e. The molecule has 1 heterocycles. The normalized spacial score (nSPS) is 13.5. The zero-order valence-corrected chi connectivity index (χ0v) is 22.5. The molecule has 2 amide bonds. The highest BCUT2D eigenvalue weighted by atomic mass is 16.5. The second-order valence-corrected chi connectivity index (χ2v) is 8.73. The molecule has 1 aliphatic rings. The molecule has 0 radical (unpaired) electrons. The topological polar surface area (TPSA) is 144 Å². The number of carbonyl (C=O) groups excluding carboxylic acids is 3. The van der Waals surface area contributed by atoms with Crippen molar-refractivity contribution >= 4 is 46.9 Å². The van der Waals surface area contributed by atoms with Gasteiger partial charge in [-0.25, -0.2) is 9.59 Å². The summed E-state index contributed by atoms with van der Waals surface area (Å²) in [5.41, 5.74) is 2.53. The minimum absolute atomic E-state index is 0.103. The molecule has 4 rings (SSSR count). The maximum absolute atomic E-state index is 13.1. The second-order valence-electron chi connectivity index (χ2n) is 8.73. The van der Waals surface area contributed by atoms with Crippen molar-refractivity contribution in [2.24, 2.45) is 5.10 Å². The number of esters is 1. The number of carbonyl (C=O) groups is 4. The van der Waals surface area contributed by atoms with Crippen molar-refractivity contribution in [3.63, 3.8) is 0 Å². The van der Waals surface area contributed by atoms with Gasteiger partial charge in [0, 0.05) is 0 Å². The molecule has 0 saturated carbocycles. The van der Waals surface area contributed by atoms with Crippen molar-refractivity contribution in [3.05, 3.63) is 89.0 Å². The van der Waals surface area contributed by atoms with Crippen molar-refractivity contribution in [3.8, 4) is 11.5 Å². The van der Waals surface area contributed by atoms with Crippen molar-refractivity contribution in [1.29, 1.82) is 0 Å². The molecule has 0 aliphatic carbocycles. The minimum atomic E-state index is -1.06. The van der Waals surface area contributed by atoms with Gasteiger partial charge in [-0.1, -0.05) is 18.2 Å². The smallest absolute Gasteiger partial charge is 0.339 e. The molecule has 11 heteroatoms. The van der Waals surface area contributed by atoms with Crippen molar-refractivity contribution < 1.29 is 38.5 Å². The largest absolute Gasteiger partial charge is 0.490 e. The molecule has 0 saturated heterocycles. The molecule has 2 N–H and O–H groups in total. The van der Waals surface area contributed by atoms with E-state index in [1.54, 1.807) is 62.4 Å². The molecule has 0 fully saturated rings. The monoisotopic (exact) mass is 557 g/mol. The van der Waals surface area contributed by atoms with E-state index in [1.165, 1.54) is 36.4 Å². The van der Waals surface area contributed by atoms with Crippen molar-refractivity contribution in [2.45, 2.75) is 13.8 Å². The number of carboxylic acid groups (broad SMARTS) is 1. The van der Waals surface area contributed by atoms with E-state index in [9.17, 15) is 19.2 Å². The van der Waals surface area contributed by atoms with E-state index in [0.717, 1.165) is 0 Å². The van der Waals surface area contributed by atoms with E-state index in [4.69, 9.17) is 19.3 Å². The van der Waals surface area contributed by atoms with E-state index in [0.29, 0.717) is 46.3 Å². The number of para-hydroxylation sites is 1. The SMILES string of the molecule is CCOc1cc(/C=C2/C(=O)N(c3ccc(C(=O)O)cc3)N=C2C)ccc1OCC(=O)Nc1ccccc1C(=O)OC. The molecular formula is C30H27N3O8. The fourth-order valence-electron chi connectivity index (χ4n) is 3.98. The van der Waals surface area contributed by atoms with Crippen LogP contribution in [0.3, 0.4) is 0 Å². The molecule has 0 bridgehead atoms. The maximum atomic E-state index is 13.1. The lowest BCUT2D eigenvalue weighted by molar-refractivity contribution is -0.118. The van der Waals surface area contributed by atoms with Gasteiger partial charge in [0.1, 0.15) is 0 Å². The summed E-state index contributed by atoms with van der Waals surface area (Å²) < 4.78 is 16.2. The van der Waals surface area contributed by atoms with Crippen LogP contribution in [0.5, 0.6) is 11.5 Å². The number of nitrogens with zero attached hydrogens (tertiary/aromatic N) is 2. The van der Waals surface area contributed by atoms with Crippen LogP contribution in [0.25, 0.3) is 6.08 Å². The summed E-state index contributed by atoms with van der Waals surface area (Å²) in [7, 11) is 1.26. The Bertz CT molecular complexity index is 1560. The van der Waals surface area contributed by atoms with E-state index >= 15 is 0 Å². The third-order valence-electron chi connectivity index (χ3n) is 5.97. The molecule has 0 atom stereocenters. The van der Waals surface area contributed by atoms with E-state index in [2.05, 4.69) is 10.4 Å². The zero-order valence-electron chi connectivity index (χ0n) is 22.5. The lowest BCUT2D eigenvalue weighted by Crippen LogP contribution is -2.22. The molecule has 3 aromatic rings. The van der Waals surface area contributed by atoms with Gasteiger partial charge in [-0.3, -0.25) is 9.59 Å². The molecule has 1 aliphatic heterocycles. The third-order valence-corrected chi connectivity index (χ3v) is 5.97. The highest BCUT2D eigenvalue weighted by Gasteiger charge is 2.29. The summed E-state index contributed by atoms with van der Waals surface area (Å²) in [6.45, 7) is 3.48. The Kier molecular flexibility index (Phi) is 8.78. The van der Waals surface area contributed by atoms with Gasteiger partial charge in [0.2, 0.25) is 0 Å². The zero-order chi connectivity index (χ0) is 29.5. The fraction of sp³-hybridized carbons (Fsp3) is 0.167. The lowest BCUT2D eigenvalue weighted by Gasteiger charge is -2.14. The van der Waals surface area contributed by atoms with Crippen LogP contribution >= 0.6 is 0 Å². The minimum Gasteiger partial charge on any atom is -0.490 e. The number of hydrazone groups is 1. The van der Waals surface area contributed by atoms with Crippen LogP contribution < -0.4 is 19.8 Å². The van der Waals surface area contributed by atoms with Gasteiger partial charge in [-0.15, -0.1) is 0 Å². The van der Waals surface area contributed by atoms with Gasteiger partial charge >= 0.3 is 11.9 Å². The first-order valence-electron chi connectivity index (χ1n) is 12.5. The summed E-state index contributed by atoms with van der Waals surface area (Å²) in [5, 5.41) is 17.3. The van der Waals surface area contributed by atoms with Crippen molar-refractivity contribution in [2.75, 3.05) is 30.6 Å². The van der Waals surface area contributed by atoms with Crippen LogP contribution in [-0.4, -0.2) is 54.9 Å². The molecule has 11 nitrogen and oxygen atoms in total. The average Bonchev–Trinajstić information content (AvgIpc) is 3.25. The Balaban J connectivity index is 1.48. The molecule has 3 aromatic carbocycles. The van der Waals surface area contributed by atoms with E-state index < -0.39 is 17.8 Å². The Morgan fingerprint density at radius 2 is 1.73 bits per heavy atom. The molecule has 0 aromatic heterocycles. The molecular weight excluding hydrogens is 530 g/mol. The lowest BCUT2D eigenvalue weighted by atomic mass is 10.1. The first-order valence-corrected chi connectivity index (χ1v) is 12.5. The summed E-state index contributed by atoms with van der Waals surface area (Å²) in [6.07, 6.45) is 1.66. The summed E-state index contributed by atoms with van der Waals surface area (Å²) in [4.78, 5) is 48.8. The van der Waals surface area contributed by atoms with E-state index in [1.807, 2.05) is 0 Å². The van der Waals surface area contributed by atoms with Crippen LogP contribution in [0, 0.1) is 0 Å². The fourth-order valence-corrected chi connectivity index (χ4v) is 3.98. The molecule has 210 valence electrons. The van der Waals surface area contributed by atoms with Crippen LogP contribution in [0.2, 0.25) is 0 Å². The summed E-state index contributed by atoms with van der Waals surface area (Å²) in [5.74, 6) is -1.82. The van der Waals surface area contributed by atoms with Gasteiger partial charge in [-0.2, -0.15) is 10.1 Å². The number of aromatic carboxylic acids is 1. The Morgan fingerprint density at radius 3 is 2.41 bits per heavy atom. The summed E-state index contributed by atoms with van der Waals surface area (Å²) in [6, 6.07) is 17.3. The number of benzene rings is 3. The van der Waals surface area contributed by atoms with Gasteiger partial charge < -0.3 is 24.6 Å². The number of hydrogen-bond donors (Lipinski definition) is 2. The van der Waals surface area contributed by atoms with Gasteiger partial charge in [0.05, 0.1) is 47.5 Å². The number of rotatable bonds is 10. The number of nitrogens with one attached hydrogen (secondary N) is 1. The van der Waals surface area contributed by atoms with Crippen LogP contribution in [-0.2, 0) is 14.3 Å². The first-order chi connectivity index (χ1) is 19.7. The third kappa shape index (κ3) is 6.59. The number of carboxylic acids is 1. The predicted molar refractivity (Wildman–Crippen MR) is 151 cm³/mol. The molecule has 0 unspecified atom stereocenters. The quantitative estimate of drug-likeness (QED) is 0.276. The number of amides is 2. The summed E-state index contributed by atoms with van der Waals surface area (Å²) >= 11 is 0. The highest BCUT2D eigenvalue weighted by Crippen LogP contribution is 2.31. The average molecular weight is 558 g/mol. The van der Waals surface area contributed by atoms with Crippen LogP contribution in [0.15, 0.2) is 77.4 Å². The van der Waals surface area contributed by atoms with E-state index in [-0.39, 0.29) is 23.6 Å². The van der Waals surface area contributed by atoms with Crippen molar-refractivity contribution in [1.82, 2.24) is 0 Å². The number of hydrogen-bond acceptors (Lipinski definition) is 8. The van der Waals surface area contributed by atoms with Gasteiger partial charge in [0.25, 0.3) is 11.8 Å². The van der Waals surface area contributed by atoms with Crippen LogP contribution in [0.4, 0.5) is 11.4 Å². The van der Waals surface area contributed by atoms with Crippen LogP contribution in [0.1, 0.15) is 40.1 Å². The second kappa shape index (κ2) is 12.6. The number of ether oxygens (including phenoxy) is 3. The highest BCUT2D eigenvalue weighted by molar-refractivity contribution is 6.32. The van der Waals surface area contributed by atoms with Gasteiger partial charge in [-0.05, 0) is 74.0 Å². The number of methoxy groups -OCH3 is 1. The van der Waals surface area contributed by atoms with Gasteiger partial charge in [0.15, 0.2) is 18.1 Å². The standard InChI is InChI=1S/C30H27N3O8/c1-4-40-26-16-19(15-23-18(2)32-33(28(23)35)21-12-10-20(11-13-21)29(36)37)9-14-25(26)41-17-27(34)31-24-8-6-5-7-22(24)30(38)39-3/h5-16H,4,17H2,1-3H3,(H,31,34)(H,36,37)/b23-15+. The Hall–Kier alpha value is -5.45. The predicted octanol–water partition coefficient (Wildman–Crippen LogP) is 4.39. The Morgan fingerprint density at radius 1 is 1.00 bits per heavy atom.